The Balaban J connectivity index is 2.75. The second-order valence-corrected chi connectivity index (χ2v) is 3.82. The molecule has 0 spiro atoms. The first-order valence-corrected chi connectivity index (χ1v) is 5.60. The van der Waals surface area contributed by atoms with Crippen LogP contribution in [0.3, 0.4) is 0 Å². The molecule has 0 bridgehead atoms. The smallest absolute Gasteiger partial charge is 0.184 e. The van der Waals surface area contributed by atoms with E-state index in [1.807, 2.05) is 0 Å². The maximum Gasteiger partial charge on any atom is 0.184 e. The molecule has 4 nitrogen and oxygen atoms in total. The predicted molar refractivity (Wildman–Crippen MR) is 67.5 cm³/mol. The van der Waals surface area contributed by atoms with Gasteiger partial charge < -0.3 is 9.47 Å². The van der Waals surface area contributed by atoms with E-state index in [9.17, 15) is 0 Å². The highest BCUT2D eigenvalue weighted by molar-refractivity contribution is 6.32. The Bertz CT molecular complexity index is 404. The van der Waals surface area contributed by atoms with E-state index in [2.05, 4.69) is 6.19 Å². The highest BCUT2D eigenvalue weighted by Crippen LogP contribution is 2.28. The van der Waals surface area contributed by atoms with Gasteiger partial charge in [0.25, 0.3) is 0 Å². The zero-order valence-corrected chi connectivity index (χ0v) is 10.7. The third-order valence-electron chi connectivity index (χ3n) is 2.30. The first-order valence-electron chi connectivity index (χ1n) is 5.22. The van der Waals surface area contributed by atoms with Crippen molar-refractivity contribution in [2.75, 3.05) is 32.3 Å². The van der Waals surface area contributed by atoms with Gasteiger partial charge in [-0.25, -0.2) is 0 Å². The largest absolute Gasteiger partial charge is 0.495 e. The molecule has 0 heterocycles. The molecule has 1 rings (SSSR count). The lowest BCUT2D eigenvalue weighted by atomic mass is 10.2. The number of nitrogens with zero attached hydrogens (tertiary/aromatic N) is 2. The topological polar surface area (TPSA) is 45.5 Å². The number of ether oxygens (including phenoxy) is 2. The number of benzene rings is 1. The van der Waals surface area contributed by atoms with E-state index in [0.29, 0.717) is 23.9 Å². The third-order valence-corrected chi connectivity index (χ3v) is 2.59. The van der Waals surface area contributed by atoms with Crippen LogP contribution in [0, 0.1) is 11.5 Å². The van der Waals surface area contributed by atoms with Gasteiger partial charge in [-0.05, 0) is 24.6 Å². The summed E-state index contributed by atoms with van der Waals surface area (Å²) in [7, 11) is 3.20. The summed E-state index contributed by atoms with van der Waals surface area (Å²) in [5.74, 6) is 0.602. The van der Waals surface area contributed by atoms with Crippen LogP contribution in [0.2, 0.25) is 5.02 Å². The Hall–Kier alpha value is -1.44. The molecule has 0 N–H and O–H groups in total. The van der Waals surface area contributed by atoms with Crippen molar-refractivity contribution in [3.63, 3.8) is 0 Å². The molecule has 0 aliphatic carbocycles. The average Bonchev–Trinajstić information content (AvgIpc) is 2.35. The summed E-state index contributed by atoms with van der Waals surface area (Å²) in [4.78, 5) is 1.57. The zero-order chi connectivity index (χ0) is 12.7. The molecule has 5 heteroatoms. The summed E-state index contributed by atoms with van der Waals surface area (Å²) in [6, 6.07) is 5.27. The van der Waals surface area contributed by atoms with Crippen LogP contribution in [0.1, 0.15) is 6.42 Å². The van der Waals surface area contributed by atoms with Gasteiger partial charge in [0.1, 0.15) is 5.75 Å². The van der Waals surface area contributed by atoms with Crippen molar-refractivity contribution >= 4 is 17.3 Å². The molecule has 0 unspecified atom stereocenters. The Labute approximate surface area is 106 Å². The molecule has 0 saturated heterocycles. The van der Waals surface area contributed by atoms with Gasteiger partial charge in [-0.15, -0.1) is 0 Å². The van der Waals surface area contributed by atoms with Crippen molar-refractivity contribution in [2.24, 2.45) is 0 Å². The van der Waals surface area contributed by atoms with Crippen LogP contribution in [-0.4, -0.2) is 27.4 Å². The SMILES string of the molecule is COCCCN(C#N)c1ccc(OC)c(Cl)c1. The van der Waals surface area contributed by atoms with Crippen LogP contribution in [0.5, 0.6) is 5.75 Å². The third kappa shape index (κ3) is 3.81. The van der Waals surface area contributed by atoms with E-state index in [1.54, 1.807) is 37.3 Å². The normalized spacial score (nSPS) is 9.76. The monoisotopic (exact) mass is 254 g/mol. The summed E-state index contributed by atoms with van der Waals surface area (Å²) in [6.45, 7) is 1.23. The molecule has 0 fully saturated rings. The Morgan fingerprint density at radius 2 is 2.18 bits per heavy atom. The van der Waals surface area contributed by atoms with Gasteiger partial charge in [-0.2, -0.15) is 5.26 Å². The Morgan fingerprint density at radius 3 is 2.71 bits per heavy atom. The van der Waals surface area contributed by atoms with Crippen LogP contribution in [-0.2, 0) is 4.74 Å². The summed E-state index contributed by atoms with van der Waals surface area (Å²) in [5, 5.41) is 9.55. The standard InChI is InChI=1S/C12H15ClN2O2/c1-16-7-3-6-15(9-14)10-4-5-12(17-2)11(13)8-10/h4-5,8H,3,6-7H2,1-2H3. The lowest BCUT2D eigenvalue weighted by Crippen LogP contribution is -2.19. The van der Waals surface area contributed by atoms with E-state index >= 15 is 0 Å². The zero-order valence-electron chi connectivity index (χ0n) is 9.94. The average molecular weight is 255 g/mol. The molecule has 1 aromatic rings. The number of methoxy groups -OCH3 is 2. The van der Waals surface area contributed by atoms with Crippen LogP contribution < -0.4 is 9.64 Å². The second-order valence-electron chi connectivity index (χ2n) is 3.42. The van der Waals surface area contributed by atoms with Gasteiger partial charge in [0.2, 0.25) is 0 Å². The minimum atomic E-state index is 0.497. The summed E-state index contributed by atoms with van der Waals surface area (Å²) in [5.41, 5.74) is 0.759. The molecule has 1 aromatic carbocycles. The van der Waals surface area contributed by atoms with Gasteiger partial charge in [-0.1, -0.05) is 11.6 Å². The fraction of sp³-hybridized carbons (Fsp3) is 0.417. The van der Waals surface area contributed by atoms with Gasteiger partial charge in [-0.3, -0.25) is 4.90 Å². The molecule has 0 aliphatic heterocycles. The number of halogens is 1. The molecule has 0 saturated carbocycles. The number of rotatable bonds is 6. The number of nitriles is 1. The first kappa shape index (κ1) is 13.6. The van der Waals surface area contributed by atoms with Gasteiger partial charge in [0.15, 0.2) is 6.19 Å². The van der Waals surface area contributed by atoms with Crippen LogP contribution in [0.4, 0.5) is 5.69 Å². The number of anilines is 1. The number of hydrogen-bond donors (Lipinski definition) is 0. The van der Waals surface area contributed by atoms with Crippen molar-refractivity contribution in [1.29, 1.82) is 5.26 Å². The van der Waals surface area contributed by atoms with Crippen molar-refractivity contribution in [3.05, 3.63) is 23.2 Å². The minimum Gasteiger partial charge on any atom is -0.495 e. The van der Waals surface area contributed by atoms with Crippen LogP contribution >= 0.6 is 11.6 Å². The van der Waals surface area contributed by atoms with Crippen molar-refractivity contribution < 1.29 is 9.47 Å². The summed E-state index contributed by atoms with van der Waals surface area (Å²) in [6.07, 6.45) is 2.91. The van der Waals surface area contributed by atoms with Gasteiger partial charge >= 0.3 is 0 Å². The molecule has 0 aromatic heterocycles. The second kappa shape index (κ2) is 7.00. The van der Waals surface area contributed by atoms with E-state index in [-0.39, 0.29) is 0 Å². The van der Waals surface area contributed by atoms with Crippen molar-refractivity contribution in [2.45, 2.75) is 6.42 Å². The summed E-state index contributed by atoms with van der Waals surface area (Å²) >= 11 is 6.01. The highest BCUT2D eigenvalue weighted by atomic mass is 35.5. The predicted octanol–water partition coefficient (Wildman–Crippen LogP) is 2.67. The highest BCUT2D eigenvalue weighted by Gasteiger charge is 2.08. The van der Waals surface area contributed by atoms with E-state index in [1.165, 1.54) is 0 Å². The minimum absolute atomic E-state index is 0.497. The van der Waals surface area contributed by atoms with E-state index < -0.39 is 0 Å². The Kier molecular flexibility index (Phi) is 5.61. The van der Waals surface area contributed by atoms with Gasteiger partial charge in [0.05, 0.1) is 17.8 Å². The van der Waals surface area contributed by atoms with Gasteiger partial charge in [0, 0.05) is 20.3 Å². The molecular weight excluding hydrogens is 240 g/mol. The maximum atomic E-state index is 9.06. The fourth-order valence-corrected chi connectivity index (χ4v) is 1.68. The maximum absolute atomic E-state index is 9.06. The molecule has 0 amide bonds. The quantitative estimate of drug-likeness (QED) is 0.445. The first-order chi connectivity index (χ1) is 8.22. The molecule has 92 valence electrons. The lowest BCUT2D eigenvalue weighted by molar-refractivity contribution is 0.197. The van der Waals surface area contributed by atoms with Crippen molar-refractivity contribution in [1.82, 2.24) is 0 Å². The molecular formula is C12H15ClN2O2. The van der Waals surface area contributed by atoms with Crippen LogP contribution in [0.15, 0.2) is 18.2 Å². The van der Waals surface area contributed by atoms with Crippen LogP contribution in [0.25, 0.3) is 0 Å². The van der Waals surface area contributed by atoms with E-state index in [0.717, 1.165) is 12.1 Å². The Morgan fingerprint density at radius 1 is 1.41 bits per heavy atom. The molecule has 17 heavy (non-hydrogen) atoms. The fourth-order valence-electron chi connectivity index (χ4n) is 1.43. The lowest BCUT2D eigenvalue weighted by Gasteiger charge is -2.16. The molecule has 0 aliphatic rings. The summed E-state index contributed by atoms with van der Waals surface area (Å²) < 4.78 is 10.0. The van der Waals surface area contributed by atoms with Crippen molar-refractivity contribution in [3.8, 4) is 11.9 Å². The molecule has 0 radical (unpaired) electrons. The van der Waals surface area contributed by atoms with E-state index in [4.69, 9.17) is 26.3 Å². The number of hydrogen-bond acceptors (Lipinski definition) is 4. The molecule has 0 atom stereocenters.